The number of benzene rings is 3. The molecule has 2 aliphatic rings. The number of fused-ring (bicyclic) bond motifs is 1. The molecule has 1 fully saturated rings. The van der Waals surface area contributed by atoms with Gasteiger partial charge >= 0.3 is 4.87 Å². The highest BCUT2D eigenvalue weighted by Crippen LogP contribution is 2.47. The van der Waals surface area contributed by atoms with Crippen LogP contribution in [0.1, 0.15) is 72.5 Å². The summed E-state index contributed by atoms with van der Waals surface area (Å²) in [5.41, 5.74) is 4.43. The van der Waals surface area contributed by atoms with Gasteiger partial charge in [0.1, 0.15) is 22.8 Å². The van der Waals surface area contributed by atoms with E-state index in [-0.39, 0.29) is 21.9 Å². The van der Waals surface area contributed by atoms with E-state index >= 15 is 0 Å². The molecule has 1 unspecified atom stereocenters. The highest BCUT2D eigenvalue weighted by Gasteiger charge is 2.42. The fourth-order valence-corrected chi connectivity index (χ4v) is 8.18. The first kappa shape index (κ1) is 34.7. The van der Waals surface area contributed by atoms with Crippen molar-refractivity contribution in [2.45, 2.75) is 63.8 Å². The zero-order valence-electron chi connectivity index (χ0n) is 28.6. The number of aromatic hydroxyl groups is 1. The van der Waals surface area contributed by atoms with Crippen molar-refractivity contribution in [1.29, 1.82) is 0 Å². The van der Waals surface area contributed by atoms with Crippen LogP contribution in [-0.4, -0.2) is 54.1 Å². The molecule has 1 saturated carbocycles. The molecule has 6 rings (SSSR count). The van der Waals surface area contributed by atoms with Crippen molar-refractivity contribution in [2.24, 2.45) is 5.92 Å². The molecule has 8 nitrogen and oxygen atoms in total. The molecule has 1 aromatic heterocycles. The van der Waals surface area contributed by atoms with Crippen LogP contribution in [0.5, 0.6) is 5.75 Å². The number of aromatic amines is 1. The molecule has 1 aliphatic carbocycles. The van der Waals surface area contributed by atoms with Gasteiger partial charge in [0.15, 0.2) is 0 Å². The van der Waals surface area contributed by atoms with Gasteiger partial charge in [0.25, 0.3) is 5.91 Å². The Hall–Kier alpha value is -4.18. The Morgan fingerprint density at radius 2 is 1.80 bits per heavy atom. The average Bonchev–Trinajstić information content (AvgIpc) is 3.54. The van der Waals surface area contributed by atoms with E-state index in [1.807, 2.05) is 30.3 Å². The molecular weight excluding hydrogens is 633 g/mol. The van der Waals surface area contributed by atoms with Crippen LogP contribution in [0.15, 0.2) is 95.2 Å². The van der Waals surface area contributed by atoms with Gasteiger partial charge < -0.3 is 25.5 Å². The molecule has 2 heterocycles. The molecule has 4 aromatic rings. The van der Waals surface area contributed by atoms with E-state index in [4.69, 9.17) is 4.74 Å². The van der Waals surface area contributed by atoms with Gasteiger partial charge in [0.2, 0.25) is 0 Å². The molecule has 0 bridgehead atoms. The van der Waals surface area contributed by atoms with E-state index in [2.05, 4.69) is 77.0 Å². The number of aromatic nitrogens is 1. The number of ether oxygens (including phenoxy) is 1. The normalized spacial score (nSPS) is 16.6. The SMILES string of the molecule is CN(CCNC(=O)c1ccc(CNCCc2ccc(O)c3[nH]c(=O)sc23)cc1)CC1=CCC=C(C(C)(c2ccccc2)C2CCCCC2)O1. The Morgan fingerprint density at radius 3 is 2.57 bits per heavy atom. The Labute approximate surface area is 292 Å². The van der Waals surface area contributed by atoms with Gasteiger partial charge in [-0.3, -0.25) is 14.5 Å². The zero-order chi connectivity index (χ0) is 34.2. The van der Waals surface area contributed by atoms with Crippen LogP contribution in [0.25, 0.3) is 10.2 Å². The van der Waals surface area contributed by atoms with Crippen molar-refractivity contribution in [3.05, 3.63) is 122 Å². The number of thiazole rings is 1. The molecule has 49 heavy (non-hydrogen) atoms. The summed E-state index contributed by atoms with van der Waals surface area (Å²) >= 11 is 1.12. The fourth-order valence-electron chi connectivity index (χ4n) is 7.29. The van der Waals surface area contributed by atoms with Crippen molar-refractivity contribution < 1.29 is 14.6 Å². The van der Waals surface area contributed by atoms with E-state index in [1.165, 1.54) is 37.7 Å². The molecule has 1 atom stereocenters. The predicted molar refractivity (Wildman–Crippen MR) is 198 cm³/mol. The number of carbonyl (C=O) groups excluding carboxylic acids is 1. The lowest BCUT2D eigenvalue weighted by atomic mass is 9.64. The maximum Gasteiger partial charge on any atom is 0.305 e. The second-order valence-electron chi connectivity index (χ2n) is 13.6. The van der Waals surface area contributed by atoms with Gasteiger partial charge in [-0.15, -0.1) is 0 Å². The number of nitrogens with zero attached hydrogens (tertiary/aromatic N) is 1. The van der Waals surface area contributed by atoms with Crippen LogP contribution < -0.4 is 15.5 Å². The number of hydrogen-bond donors (Lipinski definition) is 4. The first-order valence-corrected chi connectivity index (χ1v) is 18.4. The Kier molecular flexibility index (Phi) is 11.3. The molecule has 4 N–H and O–H groups in total. The summed E-state index contributed by atoms with van der Waals surface area (Å²) in [7, 11) is 2.07. The molecular formula is C40H48N4O4S. The largest absolute Gasteiger partial charge is 0.506 e. The third-order valence-corrected chi connectivity index (χ3v) is 11.1. The number of amides is 1. The molecule has 258 valence electrons. The fraction of sp³-hybridized carbons (Fsp3) is 0.400. The van der Waals surface area contributed by atoms with Gasteiger partial charge in [0.05, 0.1) is 16.7 Å². The summed E-state index contributed by atoms with van der Waals surface area (Å²) in [5, 5.41) is 16.5. The van der Waals surface area contributed by atoms with Crippen LogP contribution in [0.2, 0.25) is 0 Å². The van der Waals surface area contributed by atoms with Gasteiger partial charge in [-0.25, -0.2) is 0 Å². The number of phenols is 1. The summed E-state index contributed by atoms with van der Waals surface area (Å²) in [6, 6.07) is 22.0. The van der Waals surface area contributed by atoms with E-state index in [0.717, 1.165) is 51.5 Å². The number of nitrogens with one attached hydrogen (secondary N) is 3. The van der Waals surface area contributed by atoms with E-state index in [9.17, 15) is 14.7 Å². The quantitative estimate of drug-likeness (QED) is 0.107. The van der Waals surface area contributed by atoms with Crippen molar-refractivity contribution in [2.75, 3.05) is 33.2 Å². The monoisotopic (exact) mass is 680 g/mol. The second kappa shape index (κ2) is 16.0. The maximum atomic E-state index is 12.9. The Balaban J connectivity index is 0.937. The minimum absolute atomic E-state index is 0.0841. The van der Waals surface area contributed by atoms with Crippen LogP contribution in [0, 0.1) is 5.92 Å². The minimum Gasteiger partial charge on any atom is -0.506 e. The standard InChI is InChI=1S/C40H48N4O4S/c1-40(31-10-5-3-6-11-31,32-12-7-4-8-13-32)35-15-9-14-33(48-35)27-44(2)25-24-42-38(46)30-18-16-28(17-19-30)26-41-23-22-29-20-21-34(45)36-37(29)49-39(47)43-36/h3,5-6,10-11,14-21,32,41,45H,4,7-9,12-13,22-27H2,1-2H3,(H,42,46)(H,43,47). The number of hydrogen-bond acceptors (Lipinski definition) is 7. The molecule has 0 saturated heterocycles. The number of rotatable bonds is 14. The first-order valence-electron chi connectivity index (χ1n) is 17.5. The average molecular weight is 681 g/mol. The van der Waals surface area contributed by atoms with Gasteiger partial charge in [-0.1, -0.05) is 79.1 Å². The molecule has 0 spiro atoms. The Morgan fingerprint density at radius 1 is 1.02 bits per heavy atom. The topological polar surface area (TPSA) is 107 Å². The number of carbonyl (C=O) groups is 1. The van der Waals surface area contributed by atoms with E-state index < -0.39 is 0 Å². The van der Waals surface area contributed by atoms with Crippen molar-refractivity contribution >= 4 is 27.5 Å². The lowest BCUT2D eigenvalue weighted by Gasteiger charge is -2.42. The lowest BCUT2D eigenvalue weighted by Crippen LogP contribution is -2.38. The Bertz CT molecular complexity index is 1840. The van der Waals surface area contributed by atoms with Crippen LogP contribution in [0.3, 0.4) is 0 Å². The molecule has 1 amide bonds. The number of phenolic OH excluding ortho intramolecular Hbond substituents is 1. The van der Waals surface area contributed by atoms with Gasteiger partial charge in [0, 0.05) is 25.2 Å². The summed E-state index contributed by atoms with van der Waals surface area (Å²) in [4.78, 5) is 29.4. The number of H-pyrrole nitrogens is 1. The maximum absolute atomic E-state index is 12.9. The van der Waals surface area contributed by atoms with Crippen LogP contribution in [-0.2, 0) is 23.1 Å². The minimum atomic E-state index is -0.170. The van der Waals surface area contributed by atoms with Gasteiger partial charge in [-0.2, -0.15) is 0 Å². The highest BCUT2D eigenvalue weighted by atomic mass is 32.1. The predicted octanol–water partition coefficient (Wildman–Crippen LogP) is 7.02. The summed E-state index contributed by atoms with van der Waals surface area (Å²) in [6.07, 6.45) is 12.4. The summed E-state index contributed by atoms with van der Waals surface area (Å²) in [5.74, 6) is 2.63. The molecule has 1 aliphatic heterocycles. The molecule has 3 aromatic carbocycles. The van der Waals surface area contributed by atoms with E-state index in [1.54, 1.807) is 6.07 Å². The smallest absolute Gasteiger partial charge is 0.305 e. The molecule has 0 radical (unpaired) electrons. The first-order chi connectivity index (χ1) is 23.8. The van der Waals surface area contributed by atoms with Gasteiger partial charge in [-0.05, 0) is 99.2 Å². The number of likely N-dealkylation sites (N-methyl/N-ethyl adjacent to an activating group) is 1. The zero-order valence-corrected chi connectivity index (χ0v) is 29.4. The van der Waals surface area contributed by atoms with Crippen molar-refractivity contribution in [3.63, 3.8) is 0 Å². The summed E-state index contributed by atoms with van der Waals surface area (Å²) < 4.78 is 7.49. The second-order valence-corrected chi connectivity index (χ2v) is 14.5. The summed E-state index contributed by atoms with van der Waals surface area (Å²) in [6.45, 7) is 5.69. The third kappa shape index (κ3) is 8.35. The third-order valence-electron chi connectivity index (χ3n) is 10.2. The highest BCUT2D eigenvalue weighted by molar-refractivity contribution is 7.16. The lowest BCUT2D eigenvalue weighted by molar-refractivity contribution is 0.0949. The van der Waals surface area contributed by atoms with Crippen LogP contribution >= 0.6 is 11.3 Å². The molecule has 9 heteroatoms. The van der Waals surface area contributed by atoms with Crippen LogP contribution in [0.4, 0.5) is 0 Å². The van der Waals surface area contributed by atoms with E-state index in [0.29, 0.717) is 49.7 Å². The number of allylic oxidation sites excluding steroid dienone is 3. The van der Waals surface area contributed by atoms with Crippen molar-refractivity contribution in [1.82, 2.24) is 20.5 Å². The van der Waals surface area contributed by atoms with Crippen molar-refractivity contribution in [3.8, 4) is 5.75 Å².